The van der Waals surface area contributed by atoms with Crippen molar-refractivity contribution in [2.45, 2.75) is 33.6 Å². The number of hydrogen-bond acceptors (Lipinski definition) is 5. The first-order valence-corrected chi connectivity index (χ1v) is 7.81. The fraction of sp³-hybridized carbons (Fsp3) is 0.571. The Kier molecular flexibility index (Phi) is 4.96. The summed E-state index contributed by atoms with van der Waals surface area (Å²) in [5.74, 6) is 2.37. The van der Waals surface area contributed by atoms with Crippen LogP contribution in [0.25, 0.3) is 10.2 Å². The molecule has 0 atom stereocenters. The number of fused-ring (bicyclic) bond motifs is 1. The molecule has 2 heterocycles. The second-order valence-electron chi connectivity index (χ2n) is 5.07. The Bertz CT molecular complexity index is 521. The van der Waals surface area contributed by atoms with E-state index in [1.807, 2.05) is 0 Å². The van der Waals surface area contributed by atoms with Crippen LogP contribution in [-0.4, -0.2) is 23.1 Å². The molecule has 0 aromatic carbocycles. The number of aromatic nitrogens is 2. The molecule has 4 nitrogen and oxygen atoms in total. The number of nitrogens with zero attached hydrogens (tertiary/aromatic N) is 2. The minimum absolute atomic E-state index is 0.699. The van der Waals surface area contributed by atoms with Gasteiger partial charge in [0, 0.05) is 13.1 Å². The molecular weight excluding hydrogens is 256 g/mol. The topological polar surface area (TPSA) is 49.8 Å². The van der Waals surface area contributed by atoms with Gasteiger partial charge in [0.25, 0.3) is 0 Å². The highest BCUT2D eigenvalue weighted by Crippen LogP contribution is 2.26. The molecule has 0 fully saturated rings. The summed E-state index contributed by atoms with van der Waals surface area (Å²) in [5.41, 5.74) is 0. The fourth-order valence-electron chi connectivity index (χ4n) is 1.79. The van der Waals surface area contributed by atoms with Crippen LogP contribution >= 0.6 is 11.3 Å². The van der Waals surface area contributed by atoms with Crippen LogP contribution < -0.4 is 10.6 Å². The monoisotopic (exact) mass is 278 g/mol. The van der Waals surface area contributed by atoms with Gasteiger partial charge in [-0.25, -0.2) is 4.98 Å². The van der Waals surface area contributed by atoms with Gasteiger partial charge in [-0.2, -0.15) is 4.98 Å². The number of nitrogens with one attached hydrogen (secondary N) is 2. The van der Waals surface area contributed by atoms with Gasteiger partial charge in [-0.3, -0.25) is 0 Å². The molecule has 0 saturated carbocycles. The Morgan fingerprint density at radius 3 is 2.79 bits per heavy atom. The number of rotatable bonds is 7. The molecule has 0 bridgehead atoms. The average molecular weight is 278 g/mol. The standard InChI is InChI=1S/C14H22N4S/c1-4-7-16-14-17-12(15-8-5-10(2)3)11-6-9-19-13(11)18-14/h6,9-10H,4-5,7-8H2,1-3H3,(H2,15,16,17,18). The minimum Gasteiger partial charge on any atom is -0.369 e. The summed E-state index contributed by atoms with van der Waals surface area (Å²) in [5, 5.41) is 9.88. The van der Waals surface area contributed by atoms with E-state index in [2.05, 4.69) is 52.8 Å². The van der Waals surface area contributed by atoms with Crippen LogP contribution in [0.15, 0.2) is 11.4 Å². The molecule has 0 aliphatic rings. The van der Waals surface area contributed by atoms with Crippen molar-refractivity contribution in [2.24, 2.45) is 5.92 Å². The Hall–Kier alpha value is -1.36. The van der Waals surface area contributed by atoms with Crippen LogP contribution in [0.3, 0.4) is 0 Å². The molecule has 104 valence electrons. The van der Waals surface area contributed by atoms with E-state index >= 15 is 0 Å². The Morgan fingerprint density at radius 1 is 1.21 bits per heavy atom. The van der Waals surface area contributed by atoms with Gasteiger partial charge in [-0.1, -0.05) is 20.8 Å². The van der Waals surface area contributed by atoms with Gasteiger partial charge in [0.2, 0.25) is 5.95 Å². The van der Waals surface area contributed by atoms with Crippen molar-refractivity contribution in [3.05, 3.63) is 11.4 Å². The molecule has 0 radical (unpaired) electrons. The van der Waals surface area contributed by atoms with Crippen LogP contribution in [0.2, 0.25) is 0 Å². The van der Waals surface area contributed by atoms with Crippen molar-refractivity contribution >= 4 is 33.3 Å². The molecule has 2 aromatic rings. The third kappa shape index (κ3) is 3.80. The first kappa shape index (κ1) is 14.1. The summed E-state index contributed by atoms with van der Waals surface area (Å²) in [6.07, 6.45) is 2.22. The van der Waals surface area contributed by atoms with Gasteiger partial charge in [0.05, 0.1) is 5.39 Å². The van der Waals surface area contributed by atoms with E-state index in [0.717, 1.165) is 47.9 Å². The van der Waals surface area contributed by atoms with Crippen molar-refractivity contribution in [3.63, 3.8) is 0 Å². The summed E-state index contributed by atoms with van der Waals surface area (Å²) in [7, 11) is 0. The van der Waals surface area contributed by atoms with Crippen LogP contribution in [0.1, 0.15) is 33.6 Å². The zero-order valence-electron chi connectivity index (χ0n) is 11.9. The van der Waals surface area contributed by atoms with E-state index in [9.17, 15) is 0 Å². The van der Waals surface area contributed by atoms with E-state index in [0.29, 0.717) is 5.92 Å². The first-order chi connectivity index (χ1) is 9.20. The van der Waals surface area contributed by atoms with Gasteiger partial charge in [-0.05, 0) is 30.2 Å². The lowest BCUT2D eigenvalue weighted by molar-refractivity contribution is 0.607. The quantitative estimate of drug-likeness (QED) is 0.804. The van der Waals surface area contributed by atoms with E-state index in [-0.39, 0.29) is 0 Å². The maximum atomic E-state index is 4.58. The van der Waals surface area contributed by atoms with Gasteiger partial charge >= 0.3 is 0 Å². The smallest absolute Gasteiger partial charge is 0.226 e. The first-order valence-electron chi connectivity index (χ1n) is 6.93. The highest BCUT2D eigenvalue weighted by atomic mass is 32.1. The Morgan fingerprint density at radius 2 is 2.05 bits per heavy atom. The molecule has 0 unspecified atom stereocenters. The highest BCUT2D eigenvalue weighted by molar-refractivity contribution is 7.16. The predicted molar refractivity (Wildman–Crippen MR) is 84.1 cm³/mol. The fourth-order valence-corrected chi connectivity index (χ4v) is 2.55. The zero-order valence-corrected chi connectivity index (χ0v) is 12.7. The molecule has 0 spiro atoms. The van der Waals surface area contributed by atoms with Crippen molar-refractivity contribution in [2.75, 3.05) is 23.7 Å². The number of anilines is 2. The zero-order chi connectivity index (χ0) is 13.7. The number of hydrogen-bond donors (Lipinski definition) is 2. The third-order valence-corrected chi connectivity index (χ3v) is 3.68. The average Bonchev–Trinajstić information content (AvgIpc) is 2.84. The molecule has 19 heavy (non-hydrogen) atoms. The molecule has 0 aliphatic heterocycles. The van der Waals surface area contributed by atoms with Gasteiger partial charge in [0.15, 0.2) is 0 Å². The summed E-state index contributed by atoms with van der Waals surface area (Å²) in [6.45, 7) is 8.46. The lowest BCUT2D eigenvalue weighted by atomic mass is 10.1. The van der Waals surface area contributed by atoms with E-state index < -0.39 is 0 Å². The molecule has 2 aromatic heterocycles. The van der Waals surface area contributed by atoms with Crippen molar-refractivity contribution in [3.8, 4) is 0 Å². The summed E-state index contributed by atoms with van der Waals surface area (Å²) >= 11 is 1.66. The molecule has 0 aliphatic carbocycles. The molecular formula is C14H22N4S. The van der Waals surface area contributed by atoms with Crippen molar-refractivity contribution in [1.82, 2.24) is 9.97 Å². The normalized spacial score (nSPS) is 11.2. The molecule has 2 N–H and O–H groups in total. The van der Waals surface area contributed by atoms with E-state index in [1.165, 1.54) is 0 Å². The number of thiophene rings is 1. The predicted octanol–water partition coefficient (Wildman–Crippen LogP) is 3.97. The SMILES string of the molecule is CCCNc1nc(NCCC(C)C)c2ccsc2n1. The molecule has 0 saturated heterocycles. The second kappa shape index (κ2) is 6.70. The highest BCUT2D eigenvalue weighted by Gasteiger charge is 2.08. The van der Waals surface area contributed by atoms with Crippen LogP contribution in [0.5, 0.6) is 0 Å². The van der Waals surface area contributed by atoms with Crippen LogP contribution in [0, 0.1) is 5.92 Å². The lowest BCUT2D eigenvalue weighted by Gasteiger charge is -2.10. The van der Waals surface area contributed by atoms with Gasteiger partial charge < -0.3 is 10.6 Å². The summed E-state index contributed by atoms with van der Waals surface area (Å²) in [4.78, 5) is 10.2. The van der Waals surface area contributed by atoms with Crippen molar-refractivity contribution < 1.29 is 0 Å². The summed E-state index contributed by atoms with van der Waals surface area (Å²) in [6, 6.07) is 2.08. The van der Waals surface area contributed by atoms with Crippen LogP contribution in [-0.2, 0) is 0 Å². The summed E-state index contributed by atoms with van der Waals surface area (Å²) < 4.78 is 0. The Balaban J connectivity index is 2.16. The maximum Gasteiger partial charge on any atom is 0.226 e. The third-order valence-electron chi connectivity index (χ3n) is 2.87. The molecule has 0 amide bonds. The van der Waals surface area contributed by atoms with E-state index in [4.69, 9.17) is 0 Å². The van der Waals surface area contributed by atoms with Gasteiger partial charge in [0.1, 0.15) is 10.6 Å². The largest absolute Gasteiger partial charge is 0.369 e. The molecule has 2 rings (SSSR count). The Labute approximate surface area is 118 Å². The lowest BCUT2D eigenvalue weighted by Crippen LogP contribution is -2.09. The van der Waals surface area contributed by atoms with Crippen LogP contribution in [0.4, 0.5) is 11.8 Å². The molecule has 5 heteroatoms. The van der Waals surface area contributed by atoms with Crippen molar-refractivity contribution in [1.29, 1.82) is 0 Å². The van der Waals surface area contributed by atoms with Gasteiger partial charge in [-0.15, -0.1) is 11.3 Å². The second-order valence-corrected chi connectivity index (χ2v) is 5.97. The minimum atomic E-state index is 0.699. The maximum absolute atomic E-state index is 4.58. The van der Waals surface area contributed by atoms with E-state index in [1.54, 1.807) is 11.3 Å².